The van der Waals surface area contributed by atoms with E-state index in [1.807, 2.05) is 19.1 Å². The molecule has 0 aromatic carbocycles. The third kappa shape index (κ3) is 5.19. The predicted molar refractivity (Wildman–Crippen MR) is 101 cm³/mol. The molecule has 1 aliphatic heterocycles. The predicted octanol–water partition coefficient (Wildman–Crippen LogP) is 2.19. The van der Waals surface area contributed by atoms with Gasteiger partial charge < -0.3 is 15.1 Å². The molecule has 1 saturated heterocycles. The molecule has 3 rings (SSSR count). The van der Waals surface area contributed by atoms with Crippen LogP contribution in [-0.4, -0.2) is 55.1 Å². The van der Waals surface area contributed by atoms with Gasteiger partial charge in [0.15, 0.2) is 10.8 Å². The zero-order chi connectivity index (χ0) is 15.4. The summed E-state index contributed by atoms with van der Waals surface area (Å²) in [6, 6.07) is 3.67. The van der Waals surface area contributed by atoms with Crippen molar-refractivity contribution in [1.82, 2.24) is 20.5 Å². The van der Waals surface area contributed by atoms with Crippen molar-refractivity contribution in [2.75, 3.05) is 39.3 Å². The molecule has 0 spiro atoms. The van der Waals surface area contributed by atoms with Crippen LogP contribution in [-0.2, 0) is 0 Å². The van der Waals surface area contributed by atoms with Crippen molar-refractivity contribution in [2.24, 2.45) is 0 Å². The molecule has 9 heteroatoms. The first kappa shape index (κ1) is 20.9. The number of halogens is 2. The third-order valence-electron chi connectivity index (χ3n) is 3.67. The van der Waals surface area contributed by atoms with Crippen LogP contribution in [0.15, 0.2) is 22.8 Å². The van der Waals surface area contributed by atoms with Gasteiger partial charge >= 0.3 is 0 Å². The summed E-state index contributed by atoms with van der Waals surface area (Å²) in [5.74, 6) is 0.592. The molecule has 24 heavy (non-hydrogen) atoms. The van der Waals surface area contributed by atoms with E-state index >= 15 is 0 Å². The van der Waals surface area contributed by atoms with Crippen molar-refractivity contribution in [3.63, 3.8) is 0 Å². The minimum absolute atomic E-state index is 0. The van der Waals surface area contributed by atoms with Crippen LogP contribution >= 0.6 is 36.2 Å². The summed E-state index contributed by atoms with van der Waals surface area (Å²) in [4.78, 5) is 19.9. The summed E-state index contributed by atoms with van der Waals surface area (Å²) in [7, 11) is 0. The number of hydrogen-bond donors (Lipinski definition) is 2. The van der Waals surface area contributed by atoms with Gasteiger partial charge in [0.1, 0.15) is 5.69 Å². The number of furan rings is 1. The fraction of sp³-hybridized carbons (Fsp3) is 0.467. The summed E-state index contributed by atoms with van der Waals surface area (Å²) in [6.45, 7) is 7.54. The Bertz CT molecular complexity index is 627. The van der Waals surface area contributed by atoms with Crippen molar-refractivity contribution in [1.29, 1.82) is 0 Å². The van der Waals surface area contributed by atoms with Crippen molar-refractivity contribution in [3.05, 3.63) is 29.0 Å². The first-order valence-electron chi connectivity index (χ1n) is 7.46. The Labute approximate surface area is 157 Å². The number of carbonyl (C=O) groups excluding carboxylic acids is 1. The molecule has 134 valence electrons. The van der Waals surface area contributed by atoms with Crippen LogP contribution in [0.4, 0.5) is 0 Å². The highest BCUT2D eigenvalue weighted by atomic mass is 35.5. The van der Waals surface area contributed by atoms with E-state index < -0.39 is 0 Å². The van der Waals surface area contributed by atoms with Gasteiger partial charge in [0.2, 0.25) is 0 Å². The Balaban J connectivity index is 0.00000144. The van der Waals surface area contributed by atoms with Gasteiger partial charge in [-0.05, 0) is 19.1 Å². The van der Waals surface area contributed by atoms with Gasteiger partial charge in [-0.3, -0.25) is 9.69 Å². The van der Waals surface area contributed by atoms with Crippen LogP contribution in [0.25, 0.3) is 10.8 Å². The fourth-order valence-corrected chi connectivity index (χ4v) is 3.34. The zero-order valence-corrected chi connectivity index (χ0v) is 15.9. The fourth-order valence-electron chi connectivity index (χ4n) is 2.46. The minimum Gasteiger partial charge on any atom is -0.462 e. The summed E-state index contributed by atoms with van der Waals surface area (Å²) >= 11 is 1.48. The molecule has 0 radical (unpaired) electrons. The monoisotopic (exact) mass is 392 g/mol. The van der Waals surface area contributed by atoms with E-state index in [0.29, 0.717) is 18.0 Å². The first-order valence-corrected chi connectivity index (χ1v) is 8.28. The lowest BCUT2D eigenvalue weighted by Gasteiger charge is -2.27. The first-order chi connectivity index (χ1) is 10.7. The Kier molecular flexibility index (Phi) is 8.72. The van der Waals surface area contributed by atoms with Gasteiger partial charge in [0, 0.05) is 44.1 Å². The second-order valence-corrected chi connectivity index (χ2v) is 6.45. The van der Waals surface area contributed by atoms with E-state index in [1.165, 1.54) is 11.3 Å². The van der Waals surface area contributed by atoms with Crippen LogP contribution in [0.1, 0.15) is 15.4 Å². The van der Waals surface area contributed by atoms with Crippen molar-refractivity contribution >= 4 is 42.1 Å². The lowest BCUT2D eigenvalue weighted by Crippen LogP contribution is -2.46. The molecule has 2 aromatic rings. The number of rotatable bonds is 5. The summed E-state index contributed by atoms with van der Waals surface area (Å²) < 4.78 is 5.33. The Hall–Kier alpha value is -1.12. The zero-order valence-electron chi connectivity index (χ0n) is 13.4. The van der Waals surface area contributed by atoms with Gasteiger partial charge in [-0.2, -0.15) is 0 Å². The Morgan fingerprint density at radius 2 is 2.17 bits per heavy atom. The maximum Gasteiger partial charge on any atom is 0.271 e. The second-order valence-electron chi connectivity index (χ2n) is 5.25. The van der Waals surface area contributed by atoms with Crippen LogP contribution < -0.4 is 10.6 Å². The maximum atomic E-state index is 12.3. The lowest BCUT2D eigenvalue weighted by molar-refractivity contribution is 0.0942. The average molecular weight is 393 g/mol. The smallest absolute Gasteiger partial charge is 0.271 e. The summed E-state index contributed by atoms with van der Waals surface area (Å²) in [5, 5.41) is 7.02. The molecule has 0 aliphatic carbocycles. The molecule has 0 unspecified atom stereocenters. The van der Waals surface area contributed by atoms with E-state index in [1.54, 1.807) is 6.26 Å². The summed E-state index contributed by atoms with van der Waals surface area (Å²) in [5.41, 5.74) is 0.497. The molecule has 0 saturated carbocycles. The number of thiazole rings is 1. The Morgan fingerprint density at radius 1 is 1.42 bits per heavy atom. The van der Waals surface area contributed by atoms with Crippen LogP contribution in [0.3, 0.4) is 0 Å². The molecule has 0 bridgehead atoms. The van der Waals surface area contributed by atoms with E-state index in [2.05, 4.69) is 20.5 Å². The number of nitrogens with zero attached hydrogens (tertiary/aromatic N) is 2. The number of amides is 1. The van der Waals surface area contributed by atoms with Crippen LogP contribution in [0.5, 0.6) is 0 Å². The average Bonchev–Trinajstić information content (AvgIpc) is 3.17. The minimum atomic E-state index is -0.110. The van der Waals surface area contributed by atoms with E-state index in [-0.39, 0.29) is 30.7 Å². The van der Waals surface area contributed by atoms with Gasteiger partial charge in [0.25, 0.3) is 5.91 Å². The lowest BCUT2D eigenvalue weighted by atomic mass is 10.3. The molecule has 0 atom stereocenters. The van der Waals surface area contributed by atoms with E-state index in [9.17, 15) is 4.79 Å². The normalized spacial score (nSPS) is 14.5. The number of piperazine rings is 1. The molecular weight excluding hydrogens is 371 g/mol. The second kappa shape index (κ2) is 10.0. The highest BCUT2D eigenvalue weighted by Gasteiger charge is 2.17. The highest BCUT2D eigenvalue weighted by molar-refractivity contribution is 7.15. The molecule has 2 aromatic heterocycles. The molecule has 2 N–H and O–H groups in total. The third-order valence-corrected chi connectivity index (χ3v) is 4.65. The van der Waals surface area contributed by atoms with Gasteiger partial charge in [0.05, 0.1) is 6.26 Å². The van der Waals surface area contributed by atoms with Crippen molar-refractivity contribution < 1.29 is 9.21 Å². The van der Waals surface area contributed by atoms with E-state index in [4.69, 9.17) is 4.42 Å². The number of aromatic nitrogens is 1. The van der Waals surface area contributed by atoms with Crippen LogP contribution in [0.2, 0.25) is 0 Å². The molecule has 1 fully saturated rings. The topological polar surface area (TPSA) is 70.4 Å². The van der Waals surface area contributed by atoms with Crippen LogP contribution in [0, 0.1) is 6.92 Å². The van der Waals surface area contributed by atoms with Crippen molar-refractivity contribution in [3.8, 4) is 10.8 Å². The number of nitrogens with one attached hydrogen (secondary N) is 2. The van der Waals surface area contributed by atoms with Gasteiger partial charge in [-0.1, -0.05) is 0 Å². The molecular formula is C15H22Cl2N4O2S. The summed E-state index contributed by atoms with van der Waals surface area (Å²) in [6.07, 6.45) is 1.61. The number of hydrogen-bond acceptors (Lipinski definition) is 6. The van der Waals surface area contributed by atoms with E-state index in [0.717, 1.165) is 42.6 Å². The largest absolute Gasteiger partial charge is 0.462 e. The van der Waals surface area contributed by atoms with Gasteiger partial charge in [-0.15, -0.1) is 36.2 Å². The van der Waals surface area contributed by atoms with Crippen molar-refractivity contribution in [2.45, 2.75) is 6.92 Å². The quantitative estimate of drug-likeness (QED) is 0.815. The highest BCUT2D eigenvalue weighted by Crippen LogP contribution is 2.27. The number of carbonyl (C=O) groups is 1. The Morgan fingerprint density at radius 3 is 2.83 bits per heavy atom. The standard InChI is InChI=1S/C15H20N4O2S.2ClH/c1-11-13(18-15(22-11)12-3-2-10-21-12)14(20)17-6-9-19-7-4-16-5-8-19;;/h2-3,10,16H,4-9H2,1H3,(H,17,20);2*1H. The maximum absolute atomic E-state index is 12.3. The molecule has 6 nitrogen and oxygen atoms in total. The molecule has 3 heterocycles. The molecule has 1 amide bonds. The molecule has 1 aliphatic rings. The SMILES string of the molecule is Cc1sc(-c2ccco2)nc1C(=O)NCCN1CCNCC1.Cl.Cl. The van der Waals surface area contributed by atoms with Gasteiger partial charge in [-0.25, -0.2) is 4.98 Å². The number of aryl methyl sites for hydroxylation is 1.